The van der Waals surface area contributed by atoms with Crippen LogP contribution >= 0.6 is 0 Å². The number of methoxy groups -OCH3 is 1. The first-order chi connectivity index (χ1) is 16.8. The van der Waals surface area contributed by atoms with Crippen LogP contribution in [0.25, 0.3) is 0 Å². The molecule has 2 N–H and O–H groups in total. The molecule has 2 amide bonds. The maximum atomic E-state index is 12.9. The summed E-state index contributed by atoms with van der Waals surface area (Å²) in [5, 5.41) is 2.71. The Bertz CT molecular complexity index is 1360. The quantitative estimate of drug-likeness (QED) is 0.493. The largest absolute Gasteiger partial charge is 0.495 e. The lowest BCUT2D eigenvalue weighted by Crippen LogP contribution is -2.45. The van der Waals surface area contributed by atoms with Crippen molar-refractivity contribution in [2.75, 3.05) is 28.6 Å². The minimum atomic E-state index is -3.93. The third kappa shape index (κ3) is 5.38. The first-order valence-electron chi connectivity index (χ1n) is 10.9. The van der Waals surface area contributed by atoms with Crippen LogP contribution in [0.5, 0.6) is 11.5 Å². The first-order valence-corrected chi connectivity index (χ1v) is 12.4. The number of benzene rings is 3. The Morgan fingerprint density at radius 2 is 1.80 bits per heavy atom. The fraction of sp³-hybridized carbons (Fsp3) is 0.200. The van der Waals surface area contributed by atoms with Crippen LogP contribution in [-0.2, 0) is 19.6 Å². The van der Waals surface area contributed by atoms with E-state index in [1.807, 2.05) is 6.07 Å². The number of hydrogen-bond acceptors (Lipinski definition) is 6. The normalized spacial score (nSPS) is 15.1. The Kier molecular flexibility index (Phi) is 6.92. The number of anilines is 3. The van der Waals surface area contributed by atoms with Crippen molar-refractivity contribution in [2.45, 2.75) is 24.3 Å². The number of nitrogens with one attached hydrogen (secondary N) is 2. The molecule has 4 rings (SSSR count). The lowest BCUT2D eigenvalue weighted by molar-refractivity contribution is -0.125. The number of nitrogens with zero attached hydrogens (tertiary/aromatic N) is 1. The molecule has 1 heterocycles. The molecule has 35 heavy (non-hydrogen) atoms. The maximum absolute atomic E-state index is 12.9. The van der Waals surface area contributed by atoms with Crippen molar-refractivity contribution in [3.05, 3.63) is 72.8 Å². The molecule has 0 saturated carbocycles. The molecule has 3 aromatic carbocycles. The Labute approximate surface area is 203 Å². The van der Waals surface area contributed by atoms with Crippen molar-refractivity contribution in [3.8, 4) is 11.5 Å². The smallest absolute Gasteiger partial charge is 0.267 e. The van der Waals surface area contributed by atoms with Crippen molar-refractivity contribution in [1.82, 2.24) is 0 Å². The van der Waals surface area contributed by atoms with E-state index in [-0.39, 0.29) is 29.7 Å². The second kappa shape index (κ2) is 10.1. The van der Waals surface area contributed by atoms with Crippen molar-refractivity contribution in [3.63, 3.8) is 0 Å². The van der Waals surface area contributed by atoms with E-state index in [9.17, 15) is 18.0 Å². The van der Waals surface area contributed by atoms with Gasteiger partial charge >= 0.3 is 0 Å². The third-order valence-electron chi connectivity index (χ3n) is 5.42. The number of hydrogen-bond donors (Lipinski definition) is 2. The summed E-state index contributed by atoms with van der Waals surface area (Å²) in [5.74, 6) is 0.378. The highest BCUT2D eigenvalue weighted by Crippen LogP contribution is 2.33. The average Bonchev–Trinajstić information content (AvgIpc) is 2.84. The third-order valence-corrected chi connectivity index (χ3v) is 6.78. The van der Waals surface area contributed by atoms with Crippen LogP contribution in [0.1, 0.15) is 13.3 Å². The van der Waals surface area contributed by atoms with E-state index in [1.165, 1.54) is 30.2 Å². The second-order valence-corrected chi connectivity index (χ2v) is 9.53. The molecule has 1 aliphatic heterocycles. The SMILES string of the molecule is COc1ccccc1NS(=O)(=O)c1cccc(NC(=O)CCN2C(=O)C(C)Oc3ccccc32)c1. The molecule has 0 saturated heterocycles. The molecule has 1 aliphatic rings. The summed E-state index contributed by atoms with van der Waals surface area (Å²) >= 11 is 0. The fourth-order valence-electron chi connectivity index (χ4n) is 3.70. The van der Waals surface area contributed by atoms with E-state index in [4.69, 9.17) is 9.47 Å². The molecule has 3 aromatic rings. The maximum Gasteiger partial charge on any atom is 0.267 e. The van der Waals surface area contributed by atoms with Crippen LogP contribution in [0.4, 0.5) is 17.1 Å². The van der Waals surface area contributed by atoms with Crippen LogP contribution in [0.3, 0.4) is 0 Å². The number of carbonyl (C=O) groups is 2. The van der Waals surface area contributed by atoms with Crippen molar-refractivity contribution >= 4 is 38.9 Å². The molecule has 0 spiro atoms. The van der Waals surface area contributed by atoms with E-state index < -0.39 is 16.1 Å². The van der Waals surface area contributed by atoms with E-state index >= 15 is 0 Å². The van der Waals surface area contributed by atoms with Gasteiger partial charge in [0.2, 0.25) is 5.91 Å². The number of sulfonamides is 1. The topological polar surface area (TPSA) is 114 Å². The Morgan fingerprint density at radius 3 is 2.60 bits per heavy atom. The molecule has 10 heteroatoms. The number of ether oxygens (including phenoxy) is 2. The van der Waals surface area contributed by atoms with Gasteiger partial charge in [0, 0.05) is 18.7 Å². The van der Waals surface area contributed by atoms with E-state index in [2.05, 4.69) is 10.0 Å². The Balaban J connectivity index is 1.43. The first kappa shape index (κ1) is 24.1. The summed E-state index contributed by atoms with van der Waals surface area (Å²) in [5.41, 5.74) is 1.23. The van der Waals surface area contributed by atoms with Gasteiger partial charge in [-0.3, -0.25) is 14.3 Å². The Hall–Kier alpha value is -4.05. The predicted octanol–water partition coefficient (Wildman–Crippen LogP) is 3.64. The Morgan fingerprint density at radius 1 is 1.06 bits per heavy atom. The number of rotatable bonds is 8. The van der Waals surface area contributed by atoms with Crippen LogP contribution in [0.15, 0.2) is 77.7 Å². The van der Waals surface area contributed by atoms with Gasteiger partial charge in [0.1, 0.15) is 11.5 Å². The summed E-state index contributed by atoms with van der Waals surface area (Å²) in [6.07, 6.45) is -0.631. The zero-order chi connectivity index (χ0) is 25.0. The van der Waals surface area contributed by atoms with Gasteiger partial charge < -0.3 is 19.7 Å². The molecular weight excluding hydrogens is 470 g/mol. The molecule has 0 bridgehead atoms. The van der Waals surface area contributed by atoms with Crippen molar-refractivity contribution in [1.29, 1.82) is 0 Å². The molecular formula is C25H25N3O6S. The monoisotopic (exact) mass is 495 g/mol. The number of amides is 2. The number of fused-ring (bicyclic) bond motifs is 1. The molecule has 0 radical (unpaired) electrons. The number of carbonyl (C=O) groups excluding carboxylic acids is 2. The van der Waals surface area contributed by atoms with Gasteiger partial charge in [-0.05, 0) is 49.4 Å². The van der Waals surface area contributed by atoms with Gasteiger partial charge in [0.15, 0.2) is 6.10 Å². The van der Waals surface area contributed by atoms with Crippen LogP contribution in [0.2, 0.25) is 0 Å². The number of para-hydroxylation sites is 4. The minimum absolute atomic E-state index is 0.0171. The van der Waals surface area contributed by atoms with Gasteiger partial charge in [0.25, 0.3) is 15.9 Å². The molecule has 182 valence electrons. The summed E-state index contributed by atoms with van der Waals surface area (Å²) in [6, 6.07) is 19.7. The van der Waals surface area contributed by atoms with Crippen molar-refractivity contribution < 1.29 is 27.5 Å². The fourth-order valence-corrected chi connectivity index (χ4v) is 4.82. The standard InChI is InChI=1S/C25H25N3O6S/c1-17-25(30)28(21-11-4-6-13-23(21)34-17)15-14-24(29)26-18-8-7-9-19(16-18)35(31,32)27-20-10-3-5-12-22(20)33-2/h3-13,16-17,27H,14-15H2,1-2H3,(H,26,29). The summed E-state index contributed by atoms with van der Waals surface area (Å²) < 4.78 is 39.1. The van der Waals surface area contributed by atoms with Crippen LogP contribution in [-0.4, -0.2) is 40.0 Å². The highest BCUT2D eigenvalue weighted by molar-refractivity contribution is 7.92. The molecule has 0 fully saturated rings. The molecule has 1 unspecified atom stereocenters. The second-order valence-electron chi connectivity index (χ2n) is 7.85. The van der Waals surface area contributed by atoms with Gasteiger partial charge in [0.05, 0.1) is 23.4 Å². The van der Waals surface area contributed by atoms with Gasteiger partial charge in [-0.15, -0.1) is 0 Å². The van der Waals surface area contributed by atoms with Gasteiger partial charge in [-0.2, -0.15) is 0 Å². The predicted molar refractivity (Wildman–Crippen MR) is 132 cm³/mol. The lowest BCUT2D eigenvalue weighted by Gasteiger charge is -2.32. The highest BCUT2D eigenvalue weighted by atomic mass is 32.2. The van der Waals surface area contributed by atoms with E-state index in [0.29, 0.717) is 28.6 Å². The zero-order valence-electron chi connectivity index (χ0n) is 19.2. The van der Waals surface area contributed by atoms with Gasteiger partial charge in [-0.1, -0.05) is 30.3 Å². The summed E-state index contributed by atoms with van der Waals surface area (Å²) in [7, 11) is -2.48. The molecule has 1 atom stereocenters. The molecule has 0 aromatic heterocycles. The molecule has 0 aliphatic carbocycles. The van der Waals surface area contributed by atoms with Crippen molar-refractivity contribution in [2.24, 2.45) is 0 Å². The van der Waals surface area contributed by atoms with Crippen LogP contribution in [0, 0.1) is 0 Å². The zero-order valence-corrected chi connectivity index (χ0v) is 20.0. The lowest BCUT2D eigenvalue weighted by atomic mass is 10.1. The van der Waals surface area contributed by atoms with Gasteiger partial charge in [-0.25, -0.2) is 8.42 Å². The molecule has 9 nitrogen and oxygen atoms in total. The van der Waals surface area contributed by atoms with E-state index in [1.54, 1.807) is 55.5 Å². The summed E-state index contributed by atoms with van der Waals surface area (Å²) in [6.45, 7) is 1.82. The highest BCUT2D eigenvalue weighted by Gasteiger charge is 2.31. The average molecular weight is 496 g/mol. The summed E-state index contributed by atoms with van der Waals surface area (Å²) in [4.78, 5) is 26.7. The van der Waals surface area contributed by atoms with E-state index in [0.717, 1.165) is 0 Å². The minimum Gasteiger partial charge on any atom is -0.495 e. The van der Waals surface area contributed by atoms with Crippen LogP contribution < -0.4 is 24.4 Å².